The third kappa shape index (κ3) is 1.07. The van der Waals surface area contributed by atoms with Gasteiger partial charge in [0.1, 0.15) is 12.4 Å². The lowest BCUT2D eigenvalue weighted by atomic mass is 10.8. The van der Waals surface area contributed by atoms with E-state index in [0.717, 1.165) is 0 Å². The highest BCUT2D eigenvalue weighted by atomic mass is 16.2. The second-order valence-electron chi connectivity index (χ2n) is 1.57. The number of hydrogen-bond acceptors (Lipinski definition) is 1. The number of carbonyl (C=O) groups excluding carboxylic acids is 1. The van der Waals surface area contributed by atoms with Gasteiger partial charge in [0.25, 0.3) is 6.33 Å². The van der Waals surface area contributed by atoms with Crippen LogP contribution >= 0.6 is 0 Å². The second kappa shape index (κ2) is 2.30. The highest BCUT2D eigenvalue weighted by Gasteiger charge is 2.04. The molecule has 48 valence electrons. The van der Waals surface area contributed by atoms with Crippen LogP contribution in [0.15, 0.2) is 18.7 Å². The highest BCUT2D eigenvalue weighted by molar-refractivity contribution is 5.75. The van der Waals surface area contributed by atoms with Crippen molar-refractivity contribution in [2.24, 2.45) is 0 Å². The summed E-state index contributed by atoms with van der Waals surface area (Å²) in [6.07, 6.45) is 4.88. The van der Waals surface area contributed by atoms with Gasteiger partial charge in [0.15, 0.2) is 0 Å². The largest absolute Gasteiger partial charge is 0.412 e. The SMILES string of the molecule is CNC(=O)n1cc[nH+]c1. The quantitative estimate of drug-likeness (QED) is 0.500. The number of carbonyl (C=O) groups is 1. The Bertz CT molecular complexity index is 192. The number of H-pyrrole nitrogens is 1. The normalized spacial score (nSPS) is 9.00. The predicted molar refractivity (Wildman–Crippen MR) is 30.8 cm³/mol. The molecule has 0 aliphatic rings. The Labute approximate surface area is 52.5 Å². The summed E-state index contributed by atoms with van der Waals surface area (Å²) in [7, 11) is 1.59. The van der Waals surface area contributed by atoms with Gasteiger partial charge in [-0.1, -0.05) is 0 Å². The lowest BCUT2D eigenvalue weighted by molar-refractivity contribution is -0.376. The van der Waals surface area contributed by atoms with Gasteiger partial charge in [-0.05, 0) is 0 Å². The zero-order chi connectivity index (χ0) is 6.69. The van der Waals surface area contributed by atoms with E-state index in [2.05, 4.69) is 10.3 Å². The smallest absolute Gasteiger partial charge is 0.321 e. The summed E-state index contributed by atoms with van der Waals surface area (Å²) in [6, 6.07) is -0.142. The third-order valence-electron chi connectivity index (χ3n) is 0.993. The van der Waals surface area contributed by atoms with Gasteiger partial charge in [0.2, 0.25) is 0 Å². The molecule has 0 aliphatic carbocycles. The Kier molecular flexibility index (Phi) is 1.48. The highest BCUT2D eigenvalue weighted by Crippen LogP contribution is 1.77. The number of hydrogen-bond donors (Lipinski definition) is 1. The van der Waals surface area contributed by atoms with Gasteiger partial charge in [-0.15, -0.1) is 0 Å². The van der Waals surface area contributed by atoms with Crippen LogP contribution in [0.4, 0.5) is 4.79 Å². The van der Waals surface area contributed by atoms with Crippen molar-refractivity contribution in [3.05, 3.63) is 18.7 Å². The summed E-state index contributed by atoms with van der Waals surface area (Å²) in [4.78, 5) is 13.5. The van der Waals surface area contributed by atoms with Crippen LogP contribution in [-0.2, 0) is 0 Å². The van der Waals surface area contributed by atoms with Gasteiger partial charge in [-0.2, -0.15) is 4.57 Å². The fourth-order valence-corrected chi connectivity index (χ4v) is 0.545. The molecule has 9 heavy (non-hydrogen) atoms. The van der Waals surface area contributed by atoms with Crippen molar-refractivity contribution < 1.29 is 9.78 Å². The Hall–Kier alpha value is -1.32. The molecule has 1 rings (SSSR count). The average Bonchev–Trinajstić information content (AvgIpc) is 2.37. The molecule has 0 atom stereocenters. The summed E-state index contributed by atoms with van der Waals surface area (Å²) in [5, 5.41) is 2.47. The molecule has 0 unspecified atom stereocenters. The van der Waals surface area contributed by atoms with Crippen molar-refractivity contribution >= 4 is 6.03 Å². The molecule has 0 spiro atoms. The van der Waals surface area contributed by atoms with Crippen molar-refractivity contribution in [2.75, 3.05) is 7.05 Å². The maximum absolute atomic E-state index is 10.7. The van der Waals surface area contributed by atoms with Gasteiger partial charge in [0, 0.05) is 7.05 Å². The van der Waals surface area contributed by atoms with E-state index in [4.69, 9.17) is 0 Å². The molecule has 0 aliphatic heterocycles. The average molecular weight is 126 g/mol. The standard InChI is InChI=1S/C5H7N3O/c1-6-5(9)8-3-2-7-4-8/h2-4H,1H3,(H,6,9)/p+1. The molecule has 4 nitrogen and oxygen atoms in total. The molecule has 4 heteroatoms. The number of nitrogens with one attached hydrogen (secondary N) is 2. The van der Waals surface area contributed by atoms with E-state index in [-0.39, 0.29) is 6.03 Å². The maximum atomic E-state index is 10.7. The van der Waals surface area contributed by atoms with Gasteiger partial charge in [-0.25, -0.2) is 9.78 Å². The first-order chi connectivity index (χ1) is 4.34. The molecule has 1 aromatic rings. The minimum atomic E-state index is -0.142. The van der Waals surface area contributed by atoms with Gasteiger partial charge in [-0.3, -0.25) is 0 Å². The number of aromatic nitrogens is 2. The van der Waals surface area contributed by atoms with Crippen LogP contribution in [-0.4, -0.2) is 17.6 Å². The number of aromatic amines is 1. The molecule has 0 bridgehead atoms. The first-order valence-corrected chi connectivity index (χ1v) is 2.60. The number of rotatable bonds is 0. The molecule has 0 aromatic carbocycles. The number of amides is 1. The third-order valence-corrected chi connectivity index (χ3v) is 0.993. The zero-order valence-electron chi connectivity index (χ0n) is 5.09. The first-order valence-electron chi connectivity index (χ1n) is 2.60. The molecule has 1 amide bonds. The van der Waals surface area contributed by atoms with E-state index in [0.29, 0.717) is 0 Å². The van der Waals surface area contributed by atoms with Crippen molar-refractivity contribution in [3.63, 3.8) is 0 Å². The fraction of sp³-hybridized carbons (Fsp3) is 0.200. The van der Waals surface area contributed by atoms with E-state index >= 15 is 0 Å². The topological polar surface area (TPSA) is 48.2 Å². The van der Waals surface area contributed by atoms with Crippen molar-refractivity contribution in [1.29, 1.82) is 0 Å². The summed E-state index contributed by atoms with van der Waals surface area (Å²) < 4.78 is 1.42. The van der Waals surface area contributed by atoms with Gasteiger partial charge >= 0.3 is 6.03 Å². The summed E-state index contributed by atoms with van der Waals surface area (Å²) >= 11 is 0. The molecule has 0 fully saturated rings. The first kappa shape index (κ1) is 5.81. The molecular weight excluding hydrogens is 118 g/mol. The van der Waals surface area contributed by atoms with E-state index < -0.39 is 0 Å². The van der Waals surface area contributed by atoms with Crippen LogP contribution in [0.5, 0.6) is 0 Å². The van der Waals surface area contributed by atoms with Crippen LogP contribution < -0.4 is 10.3 Å². The molecule has 0 saturated carbocycles. The summed E-state index contributed by atoms with van der Waals surface area (Å²) in [5.74, 6) is 0. The lowest BCUT2D eigenvalue weighted by Gasteiger charge is -1.88. The summed E-state index contributed by atoms with van der Waals surface area (Å²) in [6.45, 7) is 0. The molecule has 0 saturated heterocycles. The van der Waals surface area contributed by atoms with Crippen molar-refractivity contribution in [2.45, 2.75) is 0 Å². The lowest BCUT2D eigenvalue weighted by Crippen LogP contribution is -2.23. The zero-order valence-corrected chi connectivity index (χ0v) is 5.09. The van der Waals surface area contributed by atoms with E-state index in [1.165, 1.54) is 4.57 Å². The molecule has 1 heterocycles. The molecule has 2 N–H and O–H groups in total. The van der Waals surface area contributed by atoms with E-state index in [9.17, 15) is 4.79 Å². The predicted octanol–water partition coefficient (Wildman–Crippen LogP) is -0.510. The van der Waals surface area contributed by atoms with Crippen molar-refractivity contribution in [3.8, 4) is 0 Å². The second-order valence-corrected chi connectivity index (χ2v) is 1.57. The summed E-state index contributed by atoms with van der Waals surface area (Å²) in [5.41, 5.74) is 0. The van der Waals surface area contributed by atoms with Crippen LogP contribution in [0, 0.1) is 0 Å². The Morgan fingerprint density at radius 3 is 3.00 bits per heavy atom. The Morgan fingerprint density at radius 1 is 1.78 bits per heavy atom. The van der Waals surface area contributed by atoms with Crippen LogP contribution in [0.2, 0.25) is 0 Å². The molecule has 0 radical (unpaired) electrons. The number of imidazole rings is 1. The maximum Gasteiger partial charge on any atom is 0.412 e. The van der Waals surface area contributed by atoms with Crippen LogP contribution in [0.3, 0.4) is 0 Å². The Morgan fingerprint density at radius 2 is 2.56 bits per heavy atom. The van der Waals surface area contributed by atoms with Crippen LogP contribution in [0.25, 0.3) is 0 Å². The van der Waals surface area contributed by atoms with Gasteiger partial charge in [0.05, 0.1) is 0 Å². The van der Waals surface area contributed by atoms with E-state index in [1.807, 2.05) is 0 Å². The molecule has 1 aromatic heterocycles. The fourth-order valence-electron chi connectivity index (χ4n) is 0.545. The van der Waals surface area contributed by atoms with E-state index in [1.54, 1.807) is 25.8 Å². The number of nitrogens with zero attached hydrogens (tertiary/aromatic N) is 1. The minimum Gasteiger partial charge on any atom is -0.321 e. The monoisotopic (exact) mass is 126 g/mol. The minimum absolute atomic E-state index is 0.142. The van der Waals surface area contributed by atoms with Crippen LogP contribution in [0.1, 0.15) is 0 Å². The Balaban J connectivity index is 2.77. The van der Waals surface area contributed by atoms with Gasteiger partial charge < -0.3 is 5.32 Å². The van der Waals surface area contributed by atoms with Crippen molar-refractivity contribution in [1.82, 2.24) is 9.88 Å². The molecular formula is C5H8N3O+.